The van der Waals surface area contributed by atoms with Crippen molar-refractivity contribution < 1.29 is 19.1 Å². The van der Waals surface area contributed by atoms with Crippen LogP contribution in [0.1, 0.15) is 54.1 Å². The Labute approximate surface area is 183 Å². The van der Waals surface area contributed by atoms with E-state index in [1.54, 1.807) is 19.2 Å². The summed E-state index contributed by atoms with van der Waals surface area (Å²) in [5.41, 5.74) is 4.42. The van der Waals surface area contributed by atoms with Gasteiger partial charge in [0.05, 0.1) is 19.8 Å². The molecular formula is C25H30N2O4. The number of aryl methyl sites for hydroxylation is 1. The van der Waals surface area contributed by atoms with Gasteiger partial charge in [-0.25, -0.2) is 4.79 Å². The van der Waals surface area contributed by atoms with Crippen molar-refractivity contribution in [3.05, 3.63) is 59.3 Å². The number of carbonyl (C=O) groups excluding carboxylic acids is 2. The van der Waals surface area contributed by atoms with Gasteiger partial charge in [0.2, 0.25) is 5.91 Å². The normalized spacial score (nSPS) is 10.8. The molecule has 0 radical (unpaired) electrons. The summed E-state index contributed by atoms with van der Waals surface area (Å²) in [5.74, 6) is 0.292. The summed E-state index contributed by atoms with van der Waals surface area (Å²) in [6, 6.07) is 11.3. The maximum absolute atomic E-state index is 12.2. The number of anilines is 1. The molecule has 164 valence electrons. The van der Waals surface area contributed by atoms with Crippen LogP contribution >= 0.6 is 0 Å². The van der Waals surface area contributed by atoms with E-state index < -0.39 is 5.97 Å². The molecule has 0 saturated heterocycles. The van der Waals surface area contributed by atoms with Gasteiger partial charge in [0, 0.05) is 42.7 Å². The first-order chi connectivity index (χ1) is 15.0. The first-order valence-electron chi connectivity index (χ1n) is 10.6. The van der Waals surface area contributed by atoms with E-state index in [1.807, 2.05) is 31.3 Å². The Morgan fingerprint density at radius 1 is 1.03 bits per heavy atom. The third-order valence-corrected chi connectivity index (χ3v) is 5.45. The highest BCUT2D eigenvalue weighted by atomic mass is 16.5. The fourth-order valence-corrected chi connectivity index (χ4v) is 3.79. The number of nitrogens with zero attached hydrogens (tertiary/aromatic N) is 1. The average molecular weight is 423 g/mol. The Kier molecular flexibility index (Phi) is 7.34. The Balaban J connectivity index is 1.87. The Hall–Kier alpha value is -3.28. The highest BCUT2D eigenvalue weighted by molar-refractivity contribution is 5.95. The number of carbonyl (C=O) groups is 2. The van der Waals surface area contributed by atoms with E-state index in [2.05, 4.69) is 23.0 Å². The van der Waals surface area contributed by atoms with Crippen LogP contribution in [0.4, 0.5) is 5.69 Å². The lowest BCUT2D eigenvalue weighted by Crippen LogP contribution is -2.10. The van der Waals surface area contributed by atoms with Gasteiger partial charge in [0.1, 0.15) is 5.75 Å². The number of fused-ring (bicyclic) bond motifs is 1. The van der Waals surface area contributed by atoms with Gasteiger partial charge in [-0.2, -0.15) is 0 Å². The standard InChI is InChI=1S/C25H30N2O4/c1-5-6-7-8-24(28)26-20-11-12-22-21(15-20)19(16-27(22)2)13-17-9-10-18(25(29)31-4)14-23(17)30-3/h9-12,14-16H,5-8,13H2,1-4H3,(H,26,28). The van der Waals surface area contributed by atoms with Crippen molar-refractivity contribution in [2.24, 2.45) is 7.05 Å². The molecule has 0 saturated carbocycles. The topological polar surface area (TPSA) is 69.6 Å². The van der Waals surface area contributed by atoms with Crippen LogP contribution in [-0.2, 0) is 23.0 Å². The van der Waals surface area contributed by atoms with E-state index in [4.69, 9.17) is 9.47 Å². The molecule has 0 spiro atoms. The summed E-state index contributed by atoms with van der Waals surface area (Å²) in [7, 11) is 4.96. The molecule has 0 unspecified atom stereocenters. The minimum Gasteiger partial charge on any atom is -0.496 e. The van der Waals surface area contributed by atoms with Gasteiger partial charge in [-0.05, 0) is 47.9 Å². The first kappa shape index (κ1) is 22.4. The summed E-state index contributed by atoms with van der Waals surface area (Å²) in [4.78, 5) is 24.1. The molecule has 31 heavy (non-hydrogen) atoms. The van der Waals surface area contributed by atoms with Crippen molar-refractivity contribution in [2.75, 3.05) is 19.5 Å². The molecule has 0 aliphatic rings. The molecule has 3 aromatic rings. The number of benzene rings is 2. The molecule has 6 nitrogen and oxygen atoms in total. The zero-order valence-corrected chi connectivity index (χ0v) is 18.7. The second-order valence-corrected chi connectivity index (χ2v) is 7.70. The van der Waals surface area contributed by atoms with Crippen LogP contribution in [0.2, 0.25) is 0 Å². The summed E-state index contributed by atoms with van der Waals surface area (Å²) >= 11 is 0. The second-order valence-electron chi connectivity index (χ2n) is 7.70. The number of esters is 1. The molecule has 0 fully saturated rings. The average Bonchev–Trinajstić information content (AvgIpc) is 3.08. The third-order valence-electron chi connectivity index (χ3n) is 5.45. The number of ether oxygens (including phenoxy) is 2. The third kappa shape index (κ3) is 5.26. The van der Waals surface area contributed by atoms with Crippen molar-refractivity contribution in [1.29, 1.82) is 0 Å². The number of aromatic nitrogens is 1. The van der Waals surface area contributed by atoms with Crippen LogP contribution in [0.5, 0.6) is 5.75 Å². The van der Waals surface area contributed by atoms with Crippen molar-refractivity contribution in [1.82, 2.24) is 4.57 Å². The highest BCUT2D eigenvalue weighted by Crippen LogP contribution is 2.30. The molecular weight excluding hydrogens is 392 g/mol. The predicted molar refractivity (Wildman–Crippen MR) is 123 cm³/mol. The first-order valence-corrected chi connectivity index (χ1v) is 10.6. The fourth-order valence-electron chi connectivity index (χ4n) is 3.79. The maximum atomic E-state index is 12.2. The van der Waals surface area contributed by atoms with Crippen LogP contribution in [-0.4, -0.2) is 30.7 Å². The SMILES string of the molecule is CCCCCC(=O)Nc1ccc2c(c1)c(Cc1ccc(C(=O)OC)cc1OC)cn2C. The van der Waals surface area contributed by atoms with Gasteiger partial charge < -0.3 is 19.4 Å². The minimum absolute atomic E-state index is 0.0466. The second kappa shape index (κ2) is 10.2. The molecule has 0 aliphatic carbocycles. The van der Waals surface area contributed by atoms with E-state index >= 15 is 0 Å². The molecule has 0 atom stereocenters. The van der Waals surface area contributed by atoms with E-state index in [0.717, 1.165) is 47.0 Å². The molecule has 6 heteroatoms. The van der Waals surface area contributed by atoms with Crippen molar-refractivity contribution >= 4 is 28.5 Å². The molecule has 2 aromatic carbocycles. The number of rotatable bonds is 9. The monoisotopic (exact) mass is 422 g/mol. The lowest BCUT2D eigenvalue weighted by molar-refractivity contribution is -0.116. The van der Waals surface area contributed by atoms with Crippen molar-refractivity contribution in [3.63, 3.8) is 0 Å². The molecule has 0 aliphatic heterocycles. The van der Waals surface area contributed by atoms with Crippen LogP contribution in [0.3, 0.4) is 0 Å². The zero-order chi connectivity index (χ0) is 22.4. The smallest absolute Gasteiger partial charge is 0.337 e. The van der Waals surface area contributed by atoms with Gasteiger partial charge in [0.15, 0.2) is 0 Å². The zero-order valence-electron chi connectivity index (χ0n) is 18.7. The lowest BCUT2D eigenvalue weighted by Gasteiger charge is -2.10. The van der Waals surface area contributed by atoms with Crippen LogP contribution < -0.4 is 10.1 Å². The van der Waals surface area contributed by atoms with Crippen molar-refractivity contribution in [2.45, 2.75) is 39.0 Å². The predicted octanol–water partition coefficient (Wildman–Crippen LogP) is 5.08. The minimum atomic E-state index is -0.394. The quantitative estimate of drug-likeness (QED) is 0.385. The summed E-state index contributed by atoms with van der Waals surface area (Å²) < 4.78 is 12.4. The number of hydrogen-bond acceptors (Lipinski definition) is 4. The maximum Gasteiger partial charge on any atom is 0.337 e. The Bertz CT molecular complexity index is 1080. The van der Waals surface area contributed by atoms with E-state index in [1.165, 1.54) is 7.11 Å². The van der Waals surface area contributed by atoms with Gasteiger partial charge in [-0.3, -0.25) is 4.79 Å². The largest absolute Gasteiger partial charge is 0.496 e. The van der Waals surface area contributed by atoms with Crippen LogP contribution in [0.15, 0.2) is 42.6 Å². The fraction of sp³-hybridized carbons (Fsp3) is 0.360. The lowest BCUT2D eigenvalue weighted by atomic mass is 10.0. The summed E-state index contributed by atoms with van der Waals surface area (Å²) in [5, 5.41) is 4.09. The summed E-state index contributed by atoms with van der Waals surface area (Å²) in [6.07, 6.45) is 6.32. The van der Waals surface area contributed by atoms with Gasteiger partial charge in [0.25, 0.3) is 0 Å². The highest BCUT2D eigenvalue weighted by Gasteiger charge is 2.14. The van der Waals surface area contributed by atoms with E-state index in [0.29, 0.717) is 24.2 Å². The molecule has 0 bridgehead atoms. The number of amides is 1. The Morgan fingerprint density at radius 3 is 2.55 bits per heavy atom. The van der Waals surface area contributed by atoms with Crippen LogP contribution in [0.25, 0.3) is 10.9 Å². The molecule has 1 aromatic heterocycles. The molecule has 1 amide bonds. The number of unbranched alkanes of at least 4 members (excludes halogenated alkanes) is 2. The van der Waals surface area contributed by atoms with Crippen molar-refractivity contribution in [3.8, 4) is 5.75 Å². The Morgan fingerprint density at radius 2 is 1.84 bits per heavy atom. The van der Waals surface area contributed by atoms with Crippen LogP contribution in [0, 0.1) is 0 Å². The van der Waals surface area contributed by atoms with E-state index in [-0.39, 0.29) is 5.91 Å². The number of methoxy groups -OCH3 is 2. The van der Waals surface area contributed by atoms with Gasteiger partial charge >= 0.3 is 5.97 Å². The van der Waals surface area contributed by atoms with E-state index in [9.17, 15) is 9.59 Å². The van der Waals surface area contributed by atoms with Gasteiger partial charge in [-0.15, -0.1) is 0 Å². The molecule has 1 heterocycles. The summed E-state index contributed by atoms with van der Waals surface area (Å²) in [6.45, 7) is 2.13. The number of nitrogens with one attached hydrogen (secondary N) is 1. The molecule has 1 N–H and O–H groups in total. The molecule has 3 rings (SSSR count). The number of hydrogen-bond donors (Lipinski definition) is 1. The van der Waals surface area contributed by atoms with Gasteiger partial charge in [-0.1, -0.05) is 25.8 Å².